The summed E-state index contributed by atoms with van der Waals surface area (Å²) in [7, 11) is 3.82. The number of carbonyl (C=O) groups excluding carboxylic acids is 3. The van der Waals surface area contributed by atoms with Gasteiger partial charge < -0.3 is 9.80 Å². The highest BCUT2D eigenvalue weighted by Gasteiger charge is 2.41. The molecular formula is C23H24N4O3. The predicted octanol–water partition coefficient (Wildman–Crippen LogP) is 2.13. The van der Waals surface area contributed by atoms with Crippen molar-refractivity contribution in [2.24, 2.45) is 0 Å². The summed E-state index contributed by atoms with van der Waals surface area (Å²) < 4.78 is 0. The molecule has 7 heteroatoms. The van der Waals surface area contributed by atoms with Gasteiger partial charge in [-0.3, -0.25) is 19.3 Å². The van der Waals surface area contributed by atoms with E-state index in [1.165, 1.54) is 0 Å². The van der Waals surface area contributed by atoms with Crippen molar-refractivity contribution in [3.63, 3.8) is 0 Å². The van der Waals surface area contributed by atoms with Crippen LogP contribution in [0.5, 0.6) is 0 Å². The zero-order valence-electron chi connectivity index (χ0n) is 17.3. The first kappa shape index (κ1) is 21.2. The van der Waals surface area contributed by atoms with Crippen LogP contribution in [0.25, 0.3) is 0 Å². The van der Waals surface area contributed by atoms with Crippen LogP contribution in [-0.4, -0.2) is 65.6 Å². The first-order valence-corrected chi connectivity index (χ1v) is 9.73. The molecule has 2 aromatic rings. The first-order valence-electron chi connectivity index (χ1n) is 9.73. The summed E-state index contributed by atoms with van der Waals surface area (Å²) in [6.45, 7) is 2.92. The van der Waals surface area contributed by atoms with Gasteiger partial charge in [0.1, 0.15) is 6.04 Å². The van der Waals surface area contributed by atoms with Crippen LogP contribution in [-0.2, 0) is 11.3 Å². The standard InChI is InChI=1S/C23H24N4O3/c1-16(27-22(29)19-9-4-5-10-20(19)23(27)30)21(28)26(12-11-25(2)3)15-18-8-6-7-17(13-18)14-24/h4-10,13,16H,11-12,15H2,1-3H3. The quantitative estimate of drug-likeness (QED) is 0.660. The van der Waals surface area contributed by atoms with E-state index in [0.717, 1.165) is 10.5 Å². The number of likely N-dealkylation sites (N-methyl/N-ethyl adjacent to an activating group) is 1. The molecule has 1 unspecified atom stereocenters. The molecule has 154 valence electrons. The molecule has 0 bridgehead atoms. The van der Waals surface area contributed by atoms with Crippen LogP contribution in [0.3, 0.4) is 0 Å². The Morgan fingerprint density at radius 3 is 2.23 bits per heavy atom. The Morgan fingerprint density at radius 1 is 1.03 bits per heavy atom. The third-order valence-electron chi connectivity index (χ3n) is 5.13. The molecular weight excluding hydrogens is 380 g/mol. The van der Waals surface area contributed by atoms with Crippen LogP contribution in [0, 0.1) is 11.3 Å². The second-order valence-electron chi connectivity index (χ2n) is 7.58. The Balaban J connectivity index is 1.84. The summed E-state index contributed by atoms with van der Waals surface area (Å²) in [5.41, 5.74) is 1.98. The highest BCUT2D eigenvalue weighted by molar-refractivity contribution is 6.22. The van der Waals surface area contributed by atoms with E-state index >= 15 is 0 Å². The lowest BCUT2D eigenvalue weighted by molar-refractivity contribution is -0.135. The summed E-state index contributed by atoms with van der Waals surface area (Å²) in [5.74, 6) is -1.21. The molecule has 1 aliphatic heterocycles. The SMILES string of the molecule is CC(C(=O)N(CCN(C)C)Cc1cccc(C#N)c1)N1C(=O)c2ccccc2C1=O. The minimum atomic E-state index is -0.932. The Kier molecular flexibility index (Phi) is 6.28. The number of hydrogen-bond acceptors (Lipinski definition) is 5. The van der Waals surface area contributed by atoms with Crippen LogP contribution < -0.4 is 0 Å². The number of amides is 3. The average Bonchev–Trinajstić information content (AvgIpc) is 3.00. The summed E-state index contributed by atoms with van der Waals surface area (Å²) in [5, 5.41) is 9.14. The maximum Gasteiger partial charge on any atom is 0.262 e. The summed E-state index contributed by atoms with van der Waals surface area (Å²) in [4.78, 5) is 43.5. The molecule has 2 aromatic carbocycles. The van der Waals surface area contributed by atoms with E-state index in [2.05, 4.69) is 6.07 Å². The van der Waals surface area contributed by atoms with Gasteiger partial charge in [0.05, 0.1) is 22.8 Å². The maximum absolute atomic E-state index is 13.3. The van der Waals surface area contributed by atoms with Gasteiger partial charge in [0.25, 0.3) is 11.8 Å². The van der Waals surface area contributed by atoms with E-state index in [9.17, 15) is 14.4 Å². The molecule has 3 rings (SSSR count). The second-order valence-corrected chi connectivity index (χ2v) is 7.58. The lowest BCUT2D eigenvalue weighted by Gasteiger charge is -2.30. The summed E-state index contributed by atoms with van der Waals surface area (Å²) >= 11 is 0. The molecule has 1 heterocycles. The Hall–Kier alpha value is -3.50. The number of fused-ring (bicyclic) bond motifs is 1. The third kappa shape index (κ3) is 4.24. The Labute approximate surface area is 176 Å². The summed E-state index contributed by atoms with van der Waals surface area (Å²) in [6.07, 6.45) is 0. The molecule has 0 saturated carbocycles. The van der Waals surface area contributed by atoms with Crippen LogP contribution in [0.4, 0.5) is 0 Å². The van der Waals surface area contributed by atoms with Crippen molar-refractivity contribution in [3.05, 3.63) is 70.8 Å². The molecule has 0 saturated heterocycles. The maximum atomic E-state index is 13.3. The van der Waals surface area contributed by atoms with E-state index in [1.807, 2.05) is 25.1 Å². The highest BCUT2D eigenvalue weighted by atomic mass is 16.2. The van der Waals surface area contributed by atoms with Crippen molar-refractivity contribution >= 4 is 17.7 Å². The minimum absolute atomic E-state index is 0.287. The topological polar surface area (TPSA) is 84.7 Å². The van der Waals surface area contributed by atoms with Crippen molar-refractivity contribution < 1.29 is 14.4 Å². The number of benzene rings is 2. The van der Waals surface area contributed by atoms with Gasteiger partial charge in [-0.25, -0.2) is 0 Å². The predicted molar refractivity (Wildman–Crippen MR) is 112 cm³/mol. The van der Waals surface area contributed by atoms with Crippen LogP contribution >= 0.6 is 0 Å². The fourth-order valence-electron chi connectivity index (χ4n) is 3.48. The largest absolute Gasteiger partial charge is 0.335 e. The lowest BCUT2D eigenvalue weighted by Crippen LogP contribution is -2.50. The zero-order chi connectivity index (χ0) is 21.8. The number of hydrogen-bond donors (Lipinski definition) is 0. The molecule has 30 heavy (non-hydrogen) atoms. The number of nitrogens with zero attached hydrogens (tertiary/aromatic N) is 4. The van der Waals surface area contributed by atoms with Gasteiger partial charge >= 0.3 is 0 Å². The number of rotatable bonds is 7. The van der Waals surface area contributed by atoms with Crippen molar-refractivity contribution in [3.8, 4) is 6.07 Å². The molecule has 0 N–H and O–H groups in total. The molecule has 1 atom stereocenters. The zero-order valence-corrected chi connectivity index (χ0v) is 17.3. The molecule has 1 aliphatic rings. The first-order chi connectivity index (χ1) is 14.3. The Bertz CT molecular complexity index is 990. The molecule has 0 fully saturated rings. The van der Waals surface area contributed by atoms with Crippen molar-refractivity contribution in [2.75, 3.05) is 27.2 Å². The number of imide groups is 1. The van der Waals surface area contributed by atoms with Gasteiger partial charge in [0, 0.05) is 19.6 Å². The summed E-state index contributed by atoms with van der Waals surface area (Å²) in [6, 6.07) is 14.8. The molecule has 7 nitrogen and oxygen atoms in total. The molecule has 3 amide bonds. The lowest BCUT2D eigenvalue weighted by atomic mass is 10.1. The number of carbonyl (C=O) groups is 3. The smallest absolute Gasteiger partial charge is 0.262 e. The van der Waals surface area contributed by atoms with Gasteiger partial charge in [-0.15, -0.1) is 0 Å². The third-order valence-corrected chi connectivity index (χ3v) is 5.13. The van der Waals surface area contributed by atoms with Crippen LogP contribution in [0.2, 0.25) is 0 Å². The van der Waals surface area contributed by atoms with Crippen LogP contribution in [0.1, 0.15) is 38.8 Å². The second kappa shape index (κ2) is 8.89. The Morgan fingerprint density at radius 2 is 1.67 bits per heavy atom. The van der Waals surface area contributed by atoms with Gasteiger partial charge in [-0.2, -0.15) is 5.26 Å². The van der Waals surface area contributed by atoms with Crippen molar-refractivity contribution in [2.45, 2.75) is 19.5 Å². The normalized spacial score (nSPS) is 13.9. The van der Waals surface area contributed by atoms with E-state index in [4.69, 9.17) is 5.26 Å². The monoisotopic (exact) mass is 404 g/mol. The number of nitriles is 1. The van der Waals surface area contributed by atoms with Gasteiger partial charge in [0.2, 0.25) is 5.91 Å². The van der Waals surface area contributed by atoms with E-state index in [-0.39, 0.29) is 12.5 Å². The molecule has 0 aromatic heterocycles. The van der Waals surface area contributed by atoms with Crippen molar-refractivity contribution in [1.82, 2.24) is 14.7 Å². The van der Waals surface area contributed by atoms with Crippen LogP contribution in [0.15, 0.2) is 48.5 Å². The van der Waals surface area contributed by atoms with Gasteiger partial charge in [-0.05, 0) is 50.8 Å². The highest BCUT2D eigenvalue weighted by Crippen LogP contribution is 2.25. The molecule has 0 spiro atoms. The minimum Gasteiger partial charge on any atom is -0.335 e. The van der Waals surface area contributed by atoms with E-state index < -0.39 is 17.9 Å². The van der Waals surface area contributed by atoms with E-state index in [1.54, 1.807) is 54.3 Å². The fourth-order valence-corrected chi connectivity index (χ4v) is 3.48. The van der Waals surface area contributed by atoms with E-state index in [0.29, 0.717) is 29.8 Å². The fraction of sp³-hybridized carbons (Fsp3) is 0.304. The average molecular weight is 404 g/mol. The molecule has 0 aliphatic carbocycles. The van der Waals surface area contributed by atoms with Crippen molar-refractivity contribution in [1.29, 1.82) is 5.26 Å². The molecule has 0 radical (unpaired) electrons. The van der Waals surface area contributed by atoms with Gasteiger partial charge in [-0.1, -0.05) is 24.3 Å². The van der Waals surface area contributed by atoms with Gasteiger partial charge in [0.15, 0.2) is 0 Å².